The van der Waals surface area contributed by atoms with E-state index in [-0.39, 0.29) is 5.82 Å². The fraction of sp³-hybridized carbons (Fsp3) is 0.150. The Labute approximate surface area is 159 Å². The highest BCUT2D eigenvalue weighted by molar-refractivity contribution is 6.04. The van der Waals surface area contributed by atoms with Gasteiger partial charge in [0.2, 0.25) is 0 Å². The molecule has 0 aliphatic carbocycles. The van der Waals surface area contributed by atoms with Crippen LogP contribution in [0.2, 0.25) is 0 Å². The van der Waals surface area contributed by atoms with Crippen LogP contribution in [0.25, 0.3) is 11.3 Å². The number of nitrogens with zero attached hydrogens (tertiary/aromatic N) is 2. The van der Waals surface area contributed by atoms with Crippen LogP contribution in [0.3, 0.4) is 0 Å². The lowest BCUT2D eigenvalue weighted by molar-refractivity contribution is 0.101. The molecular formula is C20H15F2N3O3. The highest BCUT2D eigenvalue weighted by Gasteiger charge is 2.19. The van der Waals surface area contributed by atoms with Gasteiger partial charge in [-0.15, -0.1) is 0 Å². The number of ether oxygens (including phenoxy) is 2. The molecule has 2 aromatic carbocycles. The van der Waals surface area contributed by atoms with E-state index in [2.05, 4.69) is 15.3 Å². The summed E-state index contributed by atoms with van der Waals surface area (Å²) in [5.41, 5.74) is 1.61. The van der Waals surface area contributed by atoms with Crippen molar-refractivity contribution >= 4 is 11.7 Å². The van der Waals surface area contributed by atoms with Gasteiger partial charge in [-0.05, 0) is 36.8 Å². The first-order valence-electron chi connectivity index (χ1n) is 8.51. The Kier molecular flexibility index (Phi) is 4.60. The van der Waals surface area contributed by atoms with Crippen LogP contribution in [0, 0.1) is 18.6 Å². The Morgan fingerprint density at radius 3 is 2.36 bits per heavy atom. The number of hydrogen-bond donors (Lipinski definition) is 1. The Morgan fingerprint density at radius 1 is 1.04 bits per heavy atom. The molecule has 0 saturated heterocycles. The van der Waals surface area contributed by atoms with E-state index in [9.17, 15) is 13.6 Å². The summed E-state index contributed by atoms with van der Waals surface area (Å²) >= 11 is 0. The molecule has 1 N–H and O–H groups in total. The molecule has 0 bridgehead atoms. The number of aromatic nitrogens is 2. The second kappa shape index (κ2) is 7.22. The van der Waals surface area contributed by atoms with Gasteiger partial charge in [-0.2, -0.15) is 0 Å². The number of halogens is 2. The highest BCUT2D eigenvalue weighted by Crippen LogP contribution is 2.36. The standard InChI is InChI=1S/C20H15F2N3O3/c1-11-7-16-17(28-6-5-27-16)8-12(11)15-9-24-18(10-23-15)25-20(26)19-13(21)3-2-4-14(19)22/h2-4,7-10H,5-6H2,1H3,(H,24,25,26). The fourth-order valence-electron chi connectivity index (χ4n) is 2.89. The lowest BCUT2D eigenvalue weighted by Crippen LogP contribution is -2.17. The molecule has 4 rings (SSSR count). The number of carbonyl (C=O) groups excluding carboxylic acids is 1. The largest absolute Gasteiger partial charge is 0.486 e. The topological polar surface area (TPSA) is 73.3 Å². The number of fused-ring (bicyclic) bond motifs is 1. The first-order chi connectivity index (χ1) is 13.5. The predicted octanol–water partition coefficient (Wildman–Crippen LogP) is 3.75. The molecule has 0 atom stereocenters. The van der Waals surface area contributed by atoms with Crippen molar-refractivity contribution in [3.8, 4) is 22.8 Å². The van der Waals surface area contributed by atoms with E-state index in [4.69, 9.17) is 9.47 Å². The van der Waals surface area contributed by atoms with E-state index in [0.29, 0.717) is 30.4 Å². The van der Waals surface area contributed by atoms with E-state index in [1.807, 2.05) is 19.1 Å². The van der Waals surface area contributed by atoms with Crippen LogP contribution >= 0.6 is 0 Å². The van der Waals surface area contributed by atoms with Gasteiger partial charge in [0.1, 0.15) is 30.4 Å². The number of benzene rings is 2. The summed E-state index contributed by atoms with van der Waals surface area (Å²) in [5, 5.41) is 2.35. The number of aryl methyl sites for hydroxylation is 1. The molecule has 2 heterocycles. The molecule has 28 heavy (non-hydrogen) atoms. The normalized spacial score (nSPS) is 12.5. The zero-order valence-electron chi connectivity index (χ0n) is 14.8. The maximum absolute atomic E-state index is 13.7. The molecule has 1 aliphatic rings. The van der Waals surface area contributed by atoms with Crippen LogP contribution in [0.15, 0.2) is 42.7 Å². The maximum atomic E-state index is 13.7. The lowest BCUT2D eigenvalue weighted by atomic mass is 10.0. The summed E-state index contributed by atoms with van der Waals surface area (Å²) in [5.74, 6) is -1.46. The molecule has 0 saturated carbocycles. The van der Waals surface area contributed by atoms with Crippen LogP contribution < -0.4 is 14.8 Å². The summed E-state index contributed by atoms with van der Waals surface area (Å²) in [6, 6.07) is 6.89. The summed E-state index contributed by atoms with van der Waals surface area (Å²) in [4.78, 5) is 20.5. The van der Waals surface area contributed by atoms with E-state index < -0.39 is 23.1 Å². The van der Waals surface area contributed by atoms with E-state index in [1.165, 1.54) is 18.5 Å². The van der Waals surface area contributed by atoms with E-state index in [1.54, 1.807) is 0 Å². The van der Waals surface area contributed by atoms with Gasteiger partial charge in [0.15, 0.2) is 17.3 Å². The van der Waals surface area contributed by atoms with Crippen molar-refractivity contribution in [2.45, 2.75) is 6.92 Å². The van der Waals surface area contributed by atoms with Gasteiger partial charge in [-0.25, -0.2) is 13.8 Å². The Balaban J connectivity index is 1.57. The molecule has 6 nitrogen and oxygen atoms in total. The van der Waals surface area contributed by atoms with Crippen molar-refractivity contribution in [3.63, 3.8) is 0 Å². The molecule has 1 aliphatic heterocycles. The second-order valence-corrected chi connectivity index (χ2v) is 6.15. The van der Waals surface area contributed by atoms with Crippen LogP contribution in [-0.4, -0.2) is 29.1 Å². The minimum absolute atomic E-state index is 0.0756. The quantitative estimate of drug-likeness (QED) is 0.746. The molecule has 0 fully saturated rings. The third-order valence-corrected chi connectivity index (χ3v) is 4.25. The molecule has 1 amide bonds. The molecule has 0 radical (unpaired) electrons. The number of anilines is 1. The summed E-state index contributed by atoms with van der Waals surface area (Å²) < 4.78 is 38.6. The Bertz CT molecular complexity index is 1040. The minimum atomic E-state index is -0.950. The molecular weight excluding hydrogens is 368 g/mol. The summed E-state index contributed by atoms with van der Waals surface area (Å²) in [6.07, 6.45) is 2.79. The van der Waals surface area contributed by atoms with Crippen molar-refractivity contribution in [2.24, 2.45) is 0 Å². The van der Waals surface area contributed by atoms with Crippen LogP contribution in [0.5, 0.6) is 11.5 Å². The van der Waals surface area contributed by atoms with Gasteiger partial charge in [0.25, 0.3) is 5.91 Å². The molecule has 1 aromatic heterocycles. The first kappa shape index (κ1) is 17.8. The van der Waals surface area contributed by atoms with Gasteiger partial charge < -0.3 is 14.8 Å². The average molecular weight is 383 g/mol. The van der Waals surface area contributed by atoms with Crippen molar-refractivity contribution in [1.82, 2.24) is 9.97 Å². The first-order valence-corrected chi connectivity index (χ1v) is 8.51. The van der Waals surface area contributed by atoms with Crippen LogP contribution in [-0.2, 0) is 0 Å². The predicted molar refractivity (Wildman–Crippen MR) is 97.5 cm³/mol. The molecule has 0 spiro atoms. The van der Waals surface area contributed by atoms with Crippen molar-refractivity contribution in [1.29, 1.82) is 0 Å². The number of nitrogens with one attached hydrogen (secondary N) is 1. The fourth-order valence-corrected chi connectivity index (χ4v) is 2.89. The van der Waals surface area contributed by atoms with Gasteiger partial charge in [0, 0.05) is 5.56 Å². The average Bonchev–Trinajstić information content (AvgIpc) is 2.68. The summed E-state index contributed by atoms with van der Waals surface area (Å²) in [7, 11) is 0. The summed E-state index contributed by atoms with van der Waals surface area (Å²) in [6.45, 7) is 2.88. The van der Waals surface area contributed by atoms with Crippen LogP contribution in [0.1, 0.15) is 15.9 Å². The van der Waals surface area contributed by atoms with Gasteiger partial charge in [-0.3, -0.25) is 9.78 Å². The van der Waals surface area contributed by atoms with Crippen molar-refractivity contribution in [2.75, 3.05) is 18.5 Å². The Hall–Kier alpha value is -3.55. The SMILES string of the molecule is Cc1cc2c(cc1-c1cnc(NC(=O)c3c(F)cccc3F)cn1)OCCO2. The third kappa shape index (κ3) is 3.36. The van der Waals surface area contributed by atoms with Crippen molar-refractivity contribution < 1.29 is 23.0 Å². The zero-order chi connectivity index (χ0) is 19.7. The smallest absolute Gasteiger partial charge is 0.262 e. The van der Waals surface area contributed by atoms with Gasteiger partial charge >= 0.3 is 0 Å². The molecule has 3 aromatic rings. The number of rotatable bonds is 3. The highest BCUT2D eigenvalue weighted by atomic mass is 19.1. The number of carbonyl (C=O) groups is 1. The second-order valence-electron chi connectivity index (χ2n) is 6.15. The monoisotopic (exact) mass is 383 g/mol. The van der Waals surface area contributed by atoms with Crippen molar-refractivity contribution in [3.05, 3.63) is 65.5 Å². The van der Waals surface area contributed by atoms with Gasteiger partial charge in [-0.1, -0.05) is 6.07 Å². The molecule has 142 valence electrons. The van der Waals surface area contributed by atoms with Gasteiger partial charge in [0.05, 0.1) is 18.1 Å². The van der Waals surface area contributed by atoms with Crippen LogP contribution in [0.4, 0.5) is 14.6 Å². The molecule has 0 unspecified atom stereocenters. The molecule has 8 heteroatoms. The number of amides is 1. The number of hydrogen-bond acceptors (Lipinski definition) is 5. The maximum Gasteiger partial charge on any atom is 0.262 e. The van der Waals surface area contributed by atoms with E-state index >= 15 is 0 Å². The van der Waals surface area contributed by atoms with E-state index in [0.717, 1.165) is 23.3 Å². The minimum Gasteiger partial charge on any atom is -0.486 e. The zero-order valence-corrected chi connectivity index (χ0v) is 14.8. The Morgan fingerprint density at radius 2 is 1.71 bits per heavy atom. The lowest BCUT2D eigenvalue weighted by Gasteiger charge is -2.20. The third-order valence-electron chi connectivity index (χ3n) is 4.25.